The number of hydrogen-bond acceptors (Lipinski definition) is 3. The van der Waals surface area contributed by atoms with Crippen LogP contribution in [0.5, 0.6) is 11.5 Å². The van der Waals surface area contributed by atoms with Crippen molar-refractivity contribution in [2.75, 3.05) is 0 Å². The van der Waals surface area contributed by atoms with E-state index in [0.717, 1.165) is 15.9 Å². The predicted octanol–water partition coefficient (Wildman–Crippen LogP) is 3.66. The van der Waals surface area contributed by atoms with Gasteiger partial charge in [0.1, 0.15) is 11.5 Å². The van der Waals surface area contributed by atoms with E-state index in [4.69, 9.17) is 10.5 Å². The molecule has 0 aliphatic heterocycles. The summed E-state index contributed by atoms with van der Waals surface area (Å²) in [4.78, 5) is 4.24. The fourth-order valence-corrected chi connectivity index (χ4v) is 1.77. The molecule has 0 aliphatic carbocycles. The zero-order chi connectivity index (χ0) is 12.3. The highest BCUT2D eigenvalue weighted by atomic mass is 79.9. The summed E-state index contributed by atoms with van der Waals surface area (Å²) in [5, 5.41) is 0. The normalized spacial score (nSPS) is 12.2. The molecule has 1 unspecified atom stereocenters. The summed E-state index contributed by atoms with van der Waals surface area (Å²) in [6.07, 6.45) is 1.68. The number of aromatic nitrogens is 1. The van der Waals surface area contributed by atoms with Gasteiger partial charge in [0, 0.05) is 10.5 Å². The van der Waals surface area contributed by atoms with Crippen molar-refractivity contribution >= 4 is 15.9 Å². The second-order valence-corrected chi connectivity index (χ2v) is 4.68. The third-order valence-corrected chi connectivity index (χ3v) is 2.75. The van der Waals surface area contributed by atoms with Crippen molar-refractivity contribution in [3.8, 4) is 11.5 Å². The highest BCUT2D eigenvalue weighted by molar-refractivity contribution is 9.10. The number of pyridine rings is 1. The number of benzene rings is 1. The molecule has 3 nitrogen and oxygen atoms in total. The Labute approximate surface area is 109 Å². The standard InChI is InChI=1S/C13H13BrN2O/c1-9(15)13-6-5-12(8-16-13)17-11-4-2-3-10(14)7-11/h2-9H,15H2,1H3. The van der Waals surface area contributed by atoms with Gasteiger partial charge in [0.15, 0.2) is 0 Å². The van der Waals surface area contributed by atoms with Crippen molar-refractivity contribution in [2.45, 2.75) is 13.0 Å². The molecule has 0 amide bonds. The molecule has 17 heavy (non-hydrogen) atoms. The first-order valence-corrected chi connectivity index (χ1v) is 6.09. The Kier molecular flexibility index (Phi) is 3.76. The molecule has 0 bridgehead atoms. The van der Waals surface area contributed by atoms with E-state index in [1.54, 1.807) is 6.20 Å². The van der Waals surface area contributed by atoms with Gasteiger partial charge in [0.05, 0.1) is 11.9 Å². The summed E-state index contributed by atoms with van der Waals surface area (Å²) in [6, 6.07) is 11.3. The maximum absolute atomic E-state index is 5.73. The van der Waals surface area contributed by atoms with Crippen LogP contribution in [0.1, 0.15) is 18.7 Å². The number of rotatable bonds is 3. The molecule has 4 heteroatoms. The number of nitrogens with two attached hydrogens (primary N) is 1. The van der Waals surface area contributed by atoms with E-state index in [1.165, 1.54) is 0 Å². The average Bonchev–Trinajstić information content (AvgIpc) is 2.29. The number of nitrogens with zero attached hydrogens (tertiary/aromatic N) is 1. The minimum Gasteiger partial charge on any atom is -0.456 e. The molecule has 1 aromatic carbocycles. The summed E-state index contributed by atoms with van der Waals surface area (Å²) in [5.41, 5.74) is 6.58. The highest BCUT2D eigenvalue weighted by Crippen LogP contribution is 2.24. The first kappa shape index (κ1) is 12.1. The largest absolute Gasteiger partial charge is 0.456 e. The number of hydrogen-bond donors (Lipinski definition) is 1. The fraction of sp³-hybridized carbons (Fsp3) is 0.154. The summed E-state index contributed by atoms with van der Waals surface area (Å²) in [7, 11) is 0. The molecule has 0 saturated carbocycles. The van der Waals surface area contributed by atoms with Crippen LogP contribution in [-0.2, 0) is 0 Å². The molecule has 2 rings (SSSR count). The summed E-state index contributed by atoms with van der Waals surface area (Å²) >= 11 is 3.39. The Morgan fingerprint density at radius 2 is 2.06 bits per heavy atom. The summed E-state index contributed by atoms with van der Waals surface area (Å²) in [5.74, 6) is 1.47. The number of halogens is 1. The van der Waals surface area contributed by atoms with Crippen LogP contribution in [0.4, 0.5) is 0 Å². The van der Waals surface area contributed by atoms with Crippen LogP contribution >= 0.6 is 15.9 Å². The lowest BCUT2D eigenvalue weighted by molar-refractivity contribution is 0.479. The van der Waals surface area contributed by atoms with E-state index in [-0.39, 0.29) is 6.04 Å². The maximum atomic E-state index is 5.73. The average molecular weight is 293 g/mol. The maximum Gasteiger partial charge on any atom is 0.145 e. The van der Waals surface area contributed by atoms with Crippen molar-refractivity contribution in [2.24, 2.45) is 5.73 Å². The van der Waals surface area contributed by atoms with Crippen LogP contribution in [0.2, 0.25) is 0 Å². The van der Waals surface area contributed by atoms with Crippen LogP contribution in [0.25, 0.3) is 0 Å². The molecule has 0 saturated heterocycles. The van der Waals surface area contributed by atoms with Crippen molar-refractivity contribution < 1.29 is 4.74 Å². The van der Waals surface area contributed by atoms with Gasteiger partial charge in [-0.2, -0.15) is 0 Å². The Bertz CT molecular complexity index is 497. The molecule has 2 N–H and O–H groups in total. The van der Waals surface area contributed by atoms with Crippen molar-refractivity contribution in [3.05, 3.63) is 52.8 Å². The van der Waals surface area contributed by atoms with E-state index in [2.05, 4.69) is 20.9 Å². The Balaban J connectivity index is 2.14. The van der Waals surface area contributed by atoms with Gasteiger partial charge in [0.25, 0.3) is 0 Å². The van der Waals surface area contributed by atoms with Crippen LogP contribution in [0, 0.1) is 0 Å². The van der Waals surface area contributed by atoms with Crippen LogP contribution in [0.3, 0.4) is 0 Å². The molecule has 0 radical (unpaired) electrons. The second kappa shape index (κ2) is 5.29. The van der Waals surface area contributed by atoms with Gasteiger partial charge < -0.3 is 10.5 Å². The molecule has 2 aromatic rings. The molecular weight excluding hydrogens is 280 g/mol. The van der Waals surface area contributed by atoms with Gasteiger partial charge in [-0.25, -0.2) is 0 Å². The third kappa shape index (κ3) is 3.28. The lowest BCUT2D eigenvalue weighted by atomic mass is 10.2. The number of ether oxygens (including phenoxy) is 1. The molecule has 1 heterocycles. The second-order valence-electron chi connectivity index (χ2n) is 3.77. The van der Waals surface area contributed by atoms with Crippen molar-refractivity contribution in [3.63, 3.8) is 0 Å². The predicted molar refractivity (Wildman–Crippen MR) is 71.1 cm³/mol. The lowest BCUT2D eigenvalue weighted by Crippen LogP contribution is -2.06. The monoisotopic (exact) mass is 292 g/mol. The topological polar surface area (TPSA) is 48.1 Å². The molecule has 1 aromatic heterocycles. The van der Waals surface area contributed by atoms with Gasteiger partial charge in [-0.1, -0.05) is 22.0 Å². The lowest BCUT2D eigenvalue weighted by Gasteiger charge is -2.08. The van der Waals surface area contributed by atoms with Gasteiger partial charge in [-0.3, -0.25) is 4.98 Å². The minimum atomic E-state index is -0.0603. The molecular formula is C13H13BrN2O. The smallest absolute Gasteiger partial charge is 0.145 e. The zero-order valence-corrected chi connectivity index (χ0v) is 11.0. The Morgan fingerprint density at radius 3 is 2.65 bits per heavy atom. The molecule has 0 spiro atoms. The van der Waals surface area contributed by atoms with E-state index >= 15 is 0 Å². The summed E-state index contributed by atoms with van der Waals surface area (Å²) < 4.78 is 6.64. The molecule has 1 atom stereocenters. The van der Waals surface area contributed by atoms with Crippen LogP contribution in [-0.4, -0.2) is 4.98 Å². The van der Waals surface area contributed by atoms with Gasteiger partial charge >= 0.3 is 0 Å². The fourth-order valence-electron chi connectivity index (χ4n) is 1.39. The zero-order valence-electron chi connectivity index (χ0n) is 9.43. The van der Waals surface area contributed by atoms with E-state index < -0.39 is 0 Å². The minimum absolute atomic E-state index is 0.0603. The Morgan fingerprint density at radius 1 is 1.24 bits per heavy atom. The SMILES string of the molecule is CC(N)c1ccc(Oc2cccc(Br)c2)cn1. The molecule has 0 fully saturated rings. The van der Waals surface area contributed by atoms with Gasteiger partial charge in [0.2, 0.25) is 0 Å². The van der Waals surface area contributed by atoms with Gasteiger partial charge in [-0.15, -0.1) is 0 Å². The molecule has 0 aliphatic rings. The third-order valence-electron chi connectivity index (χ3n) is 2.26. The van der Waals surface area contributed by atoms with Crippen LogP contribution < -0.4 is 10.5 Å². The quantitative estimate of drug-likeness (QED) is 0.939. The van der Waals surface area contributed by atoms with Crippen molar-refractivity contribution in [1.82, 2.24) is 4.98 Å². The van der Waals surface area contributed by atoms with Crippen molar-refractivity contribution in [1.29, 1.82) is 0 Å². The van der Waals surface area contributed by atoms with E-state index in [0.29, 0.717) is 5.75 Å². The Hall–Kier alpha value is -1.39. The van der Waals surface area contributed by atoms with Crippen LogP contribution in [0.15, 0.2) is 47.1 Å². The first-order valence-electron chi connectivity index (χ1n) is 5.30. The highest BCUT2D eigenvalue weighted by Gasteiger charge is 2.02. The van der Waals surface area contributed by atoms with E-state index in [9.17, 15) is 0 Å². The first-order chi connectivity index (χ1) is 8.15. The van der Waals surface area contributed by atoms with E-state index in [1.807, 2.05) is 43.3 Å². The summed E-state index contributed by atoms with van der Waals surface area (Å²) in [6.45, 7) is 1.90. The molecule has 88 valence electrons. The van der Waals surface area contributed by atoms with Gasteiger partial charge in [-0.05, 0) is 37.3 Å².